The highest BCUT2D eigenvalue weighted by Crippen LogP contribution is 2.25. The van der Waals surface area contributed by atoms with Gasteiger partial charge in [-0.25, -0.2) is 4.98 Å². The third kappa shape index (κ3) is 3.27. The summed E-state index contributed by atoms with van der Waals surface area (Å²) in [6, 6.07) is 13.3. The van der Waals surface area contributed by atoms with Gasteiger partial charge in [0.2, 0.25) is 0 Å². The van der Waals surface area contributed by atoms with Crippen molar-refractivity contribution in [2.75, 3.05) is 0 Å². The van der Waals surface area contributed by atoms with Gasteiger partial charge in [0.05, 0.1) is 11.0 Å². The summed E-state index contributed by atoms with van der Waals surface area (Å²) in [6.45, 7) is 3.75. The van der Waals surface area contributed by atoms with Crippen molar-refractivity contribution in [1.29, 1.82) is 0 Å². The first-order valence-electron chi connectivity index (χ1n) is 8.62. The molecule has 4 rings (SSSR count). The van der Waals surface area contributed by atoms with E-state index in [0.29, 0.717) is 23.0 Å². The van der Waals surface area contributed by atoms with E-state index in [1.807, 2.05) is 42.5 Å². The molecule has 1 atom stereocenters. The van der Waals surface area contributed by atoms with Crippen LogP contribution in [0.1, 0.15) is 35.1 Å². The summed E-state index contributed by atoms with van der Waals surface area (Å²) in [5.41, 5.74) is 3.69. The summed E-state index contributed by atoms with van der Waals surface area (Å²) >= 11 is 5.88. The number of nitrogens with one attached hydrogen (secondary N) is 1. The zero-order chi connectivity index (χ0) is 17.4. The van der Waals surface area contributed by atoms with Crippen molar-refractivity contribution >= 4 is 28.5 Å². The Balaban J connectivity index is 1.53. The first-order valence-corrected chi connectivity index (χ1v) is 9.00. The minimum Gasteiger partial charge on any atom is -0.348 e. The number of fused-ring (bicyclic) bond motifs is 3. The molecule has 1 N–H and O–H groups in total. The van der Waals surface area contributed by atoms with E-state index in [-0.39, 0.29) is 5.91 Å². The van der Waals surface area contributed by atoms with Crippen LogP contribution in [0.15, 0.2) is 42.5 Å². The Hall–Kier alpha value is -2.33. The summed E-state index contributed by atoms with van der Waals surface area (Å²) in [4.78, 5) is 17.2. The predicted octanol–water partition coefficient (Wildman–Crippen LogP) is 4.20. The van der Waals surface area contributed by atoms with Gasteiger partial charge in [0.25, 0.3) is 5.91 Å². The second kappa shape index (κ2) is 6.52. The standard InChI is InChI=1S/C20H20ClN3O/c1-13-8-9-24-18-7-4-15(11-17(18)23-19(24)10-13)20(25)22-12-14-2-5-16(21)6-3-14/h2-7,11,13H,8-10,12H2,1H3,(H,22,25)/t13-/m1/s1. The van der Waals surface area contributed by atoms with Crippen molar-refractivity contribution in [1.82, 2.24) is 14.9 Å². The van der Waals surface area contributed by atoms with Crippen molar-refractivity contribution < 1.29 is 4.79 Å². The lowest BCUT2D eigenvalue weighted by Crippen LogP contribution is -2.22. The number of nitrogens with zero attached hydrogens (tertiary/aromatic N) is 2. The quantitative estimate of drug-likeness (QED) is 0.767. The Morgan fingerprint density at radius 1 is 1.28 bits per heavy atom. The fourth-order valence-corrected chi connectivity index (χ4v) is 3.50. The lowest BCUT2D eigenvalue weighted by Gasteiger charge is -2.19. The molecule has 3 aromatic rings. The van der Waals surface area contributed by atoms with Crippen molar-refractivity contribution in [3.63, 3.8) is 0 Å². The molecule has 5 heteroatoms. The van der Waals surface area contributed by atoms with Crippen LogP contribution >= 0.6 is 11.6 Å². The number of hydrogen-bond acceptors (Lipinski definition) is 2. The maximum atomic E-state index is 12.5. The molecule has 4 nitrogen and oxygen atoms in total. The molecular weight excluding hydrogens is 334 g/mol. The second-order valence-corrected chi connectivity index (χ2v) is 7.23. The number of halogens is 1. The number of amides is 1. The molecule has 0 unspecified atom stereocenters. The summed E-state index contributed by atoms with van der Waals surface area (Å²) in [6.07, 6.45) is 2.19. The minimum absolute atomic E-state index is 0.0869. The van der Waals surface area contributed by atoms with E-state index in [1.165, 1.54) is 6.42 Å². The van der Waals surface area contributed by atoms with E-state index in [4.69, 9.17) is 16.6 Å². The van der Waals surface area contributed by atoms with E-state index in [2.05, 4.69) is 16.8 Å². The normalized spacial score (nSPS) is 16.6. The molecule has 0 aliphatic carbocycles. The van der Waals surface area contributed by atoms with Crippen LogP contribution < -0.4 is 5.32 Å². The van der Waals surface area contributed by atoms with E-state index in [0.717, 1.165) is 35.4 Å². The molecule has 0 fully saturated rings. The van der Waals surface area contributed by atoms with Crippen LogP contribution in [0.4, 0.5) is 0 Å². The van der Waals surface area contributed by atoms with E-state index in [9.17, 15) is 4.79 Å². The highest BCUT2D eigenvalue weighted by Gasteiger charge is 2.19. The summed E-state index contributed by atoms with van der Waals surface area (Å²) < 4.78 is 2.28. The molecule has 0 spiro atoms. The summed E-state index contributed by atoms with van der Waals surface area (Å²) in [5, 5.41) is 3.64. The maximum Gasteiger partial charge on any atom is 0.251 e. The molecule has 1 aliphatic rings. The zero-order valence-electron chi connectivity index (χ0n) is 14.1. The van der Waals surface area contributed by atoms with Crippen LogP contribution in [-0.2, 0) is 19.5 Å². The number of aromatic nitrogens is 2. The number of carbonyl (C=O) groups is 1. The van der Waals surface area contributed by atoms with E-state index < -0.39 is 0 Å². The average Bonchev–Trinajstić information content (AvgIpc) is 2.97. The molecule has 1 aromatic heterocycles. The summed E-state index contributed by atoms with van der Waals surface area (Å²) in [7, 11) is 0. The number of imidazole rings is 1. The van der Waals surface area contributed by atoms with Gasteiger partial charge in [-0.05, 0) is 48.2 Å². The van der Waals surface area contributed by atoms with E-state index >= 15 is 0 Å². The largest absolute Gasteiger partial charge is 0.348 e. The third-order valence-electron chi connectivity index (χ3n) is 4.83. The van der Waals surface area contributed by atoms with Crippen LogP contribution in [0.25, 0.3) is 11.0 Å². The van der Waals surface area contributed by atoms with Gasteiger partial charge in [0.15, 0.2) is 0 Å². The van der Waals surface area contributed by atoms with Gasteiger partial charge in [0, 0.05) is 30.1 Å². The molecule has 0 bridgehead atoms. The highest BCUT2D eigenvalue weighted by atomic mass is 35.5. The van der Waals surface area contributed by atoms with Gasteiger partial charge >= 0.3 is 0 Å². The van der Waals surface area contributed by atoms with Gasteiger partial charge in [-0.3, -0.25) is 4.79 Å². The lowest BCUT2D eigenvalue weighted by molar-refractivity contribution is 0.0951. The number of benzene rings is 2. The zero-order valence-corrected chi connectivity index (χ0v) is 14.9. The van der Waals surface area contributed by atoms with Gasteiger partial charge in [-0.1, -0.05) is 30.7 Å². The first kappa shape index (κ1) is 16.2. The minimum atomic E-state index is -0.0869. The molecule has 2 aromatic carbocycles. The Morgan fingerprint density at radius 2 is 2.08 bits per heavy atom. The fraction of sp³-hybridized carbons (Fsp3) is 0.300. The molecular formula is C20H20ClN3O. The maximum absolute atomic E-state index is 12.5. The van der Waals surface area contributed by atoms with Crippen LogP contribution in [0.2, 0.25) is 5.02 Å². The number of carbonyl (C=O) groups excluding carboxylic acids is 1. The van der Waals surface area contributed by atoms with E-state index in [1.54, 1.807) is 0 Å². The third-order valence-corrected chi connectivity index (χ3v) is 5.08. The topological polar surface area (TPSA) is 46.9 Å². The van der Waals surface area contributed by atoms with Gasteiger partial charge in [-0.15, -0.1) is 0 Å². The molecule has 2 heterocycles. The number of hydrogen-bond donors (Lipinski definition) is 1. The predicted molar refractivity (Wildman–Crippen MR) is 99.8 cm³/mol. The van der Waals surface area contributed by atoms with Crippen molar-refractivity contribution in [3.8, 4) is 0 Å². The van der Waals surface area contributed by atoms with Crippen molar-refractivity contribution in [3.05, 3.63) is 64.4 Å². The Kier molecular flexibility index (Phi) is 4.22. The Morgan fingerprint density at radius 3 is 2.88 bits per heavy atom. The summed E-state index contributed by atoms with van der Waals surface area (Å²) in [5.74, 6) is 1.72. The Bertz CT molecular complexity index is 930. The highest BCUT2D eigenvalue weighted by molar-refractivity contribution is 6.30. The molecule has 1 amide bonds. The molecule has 0 radical (unpaired) electrons. The molecule has 128 valence electrons. The first-order chi connectivity index (χ1) is 12.1. The molecule has 0 saturated carbocycles. The lowest BCUT2D eigenvalue weighted by atomic mass is 10.0. The van der Waals surface area contributed by atoms with Crippen LogP contribution in [0.5, 0.6) is 0 Å². The number of aryl methyl sites for hydroxylation is 1. The van der Waals surface area contributed by atoms with Crippen LogP contribution in [-0.4, -0.2) is 15.5 Å². The average molecular weight is 354 g/mol. The Labute approximate surface area is 151 Å². The molecule has 1 aliphatic heterocycles. The smallest absolute Gasteiger partial charge is 0.251 e. The van der Waals surface area contributed by atoms with Crippen LogP contribution in [0.3, 0.4) is 0 Å². The monoisotopic (exact) mass is 353 g/mol. The fourth-order valence-electron chi connectivity index (χ4n) is 3.38. The SMILES string of the molecule is C[C@@H]1CCn2c(nc3cc(C(=O)NCc4ccc(Cl)cc4)ccc32)C1. The molecule has 25 heavy (non-hydrogen) atoms. The van der Waals surface area contributed by atoms with Gasteiger partial charge < -0.3 is 9.88 Å². The van der Waals surface area contributed by atoms with Crippen LogP contribution in [0, 0.1) is 5.92 Å². The second-order valence-electron chi connectivity index (χ2n) is 6.79. The van der Waals surface area contributed by atoms with Crippen molar-refractivity contribution in [2.24, 2.45) is 5.92 Å². The van der Waals surface area contributed by atoms with Gasteiger partial charge in [-0.2, -0.15) is 0 Å². The number of rotatable bonds is 3. The van der Waals surface area contributed by atoms with Gasteiger partial charge in [0.1, 0.15) is 5.82 Å². The van der Waals surface area contributed by atoms with Crippen molar-refractivity contribution in [2.45, 2.75) is 32.9 Å². The molecule has 0 saturated heterocycles.